The lowest BCUT2D eigenvalue weighted by Gasteiger charge is -2.04. The Morgan fingerprint density at radius 3 is 1.93 bits per heavy atom. The van der Waals surface area contributed by atoms with Gasteiger partial charge in [-0.3, -0.25) is 0 Å². The number of ether oxygens (including phenoxy) is 1. The van der Waals surface area contributed by atoms with Crippen LogP contribution < -0.4 is 9.92 Å². The van der Waals surface area contributed by atoms with Crippen molar-refractivity contribution in [3.8, 4) is 11.5 Å². The van der Waals surface area contributed by atoms with Crippen molar-refractivity contribution in [2.24, 2.45) is 0 Å². The average molecular weight is 197 g/mol. The van der Waals surface area contributed by atoms with Crippen molar-refractivity contribution in [3.05, 3.63) is 54.6 Å². The van der Waals surface area contributed by atoms with Gasteiger partial charge in [0.1, 0.15) is 11.5 Å². The van der Waals surface area contributed by atoms with Crippen molar-refractivity contribution in [2.75, 3.05) is 0 Å². The molecule has 0 aliphatic rings. The fourth-order valence-corrected chi connectivity index (χ4v) is 1.31. The van der Waals surface area contributed by atoms with Crippen LogP contribution in [-0.2, 0) is 0 Å². The van der Waals surface area contributed by atoms with E-state index in [9.17, 15) is 0 Å². The Morgan fingerprint density at radius 2 is 1.29 bits per heavy atom. The SMILES string of the molecule is [Si]c1ccc(Oc2ccccc2)cc1. The maximum Gasteiger partial charge on any atom is 0.127 e. The van der Waals surface area contributed by atoms with Crippen LogP contribution in [0.4, 0.5) is 0 Å². The molecule has 0 unspecified atom stereocenters. The minimum atomic E-state index is 0.846. The summed E-state index contributed by atoms with van der Waals surface area (Å²) >= 11 is 0. The molecule has 14 heavy (non-hydrogen) atoms. The molecule has 0 amide bonds. The Balaban J connectivity index is 2.16. The van der Waals surface area contributed by atoms with Gasteiger partial charge >= 0.3 is 0 Å². The van der Waals surface area contributed by atoms with Crippen LogP contribution in [0.1, 0.15) is 0 Å². The quantitative estimate of drug-likeness (QED) is 0.671. The lowest BCUT2D eigenvalue weighted by atomic mass is 10.3. The van der Waals surface area contributed by atoms with Gasteiger partial charge < -0.3 is 4.74 Å². The second-order valence-corrected chi connectivity index (χ2v) is 3.52. The van der Waals surface area contributed by atoms with E-state index in [0.29, 0.717) is 0 Å². The summed E-state index contributed by atoms with van der Waals surface area (Å²) in [5.41, 5.74) is 0. The molecule has 0 bridgehead atoms. The van der Waals surface area contributed by atoms with Crippen molar-refractivity contribution in [3.63, 3.8) is 0 Å². The van der Waals surface area contributed by atoms with Gasteiger partial charge in [-0.25, -0.2) is 0 Å². The van der Waals surface area contributed by atoms with Crippen molar-refractivity contribution >= 4 is 15.4 Å². The summed E-state index contributed by atoms with van der Waals surface area (Å²) in [6, 6.07) is 17.5. The number of benzene rings is 2. The van der Waals surface area contributed by atoms with Crippen molar-refractivity contribution in [1.29, 1.82) is 0 Å². The smallest absolute Gasteiger partial charge is 0.127 e. The van der Waals surface area contributed by atoms with Crippen LogP contribution in [0.15, 0.2) is 54.6 Å². The van der Waals surface area contributed by atoms with Crippen molar-refractivity contribution in [1.82, 2.24) is 0 Å². The zero-order valence-electron chi connectivity index (χ0n) is 7.60. The Hall–Kier alpha value is -1.54. The highest BCUT2D eigenvalue weighted by molar-refractivity contribution is 6.32. The fraction of sp³-hybridized carbons (Fsp3) is 0. The van der Waals surface area contributed by atoms with E-state index in [1.807, 2.05) is 54.6 Å². The molecular formula is C12H9OSi. The molecule has 2 rings (SSSR count). The van der Waals surface area contributed by atoms with Gasteiger partial charge in [-0.1, -0.05) is 35.5 Å². The molecular weight excluding hydrogens is 188 g/mol. The van der Waals surface area contributed by atoms with E-state index in [-0.39, 0.29) is 0 Å². The molecule has 0 aliphatic carbocycles. The third-order valence-corrected chi connectivity index (χ3v) is 2.17. The number of para-hydroxylation sites is 1. The van der Waals surface area contributed by atoms with E-state index < -0.39 is 0 Å². The van der Waals surface area contributed by atoms with E-state index in [1.54, 1.807) is 0 Å². The minimum Gasteiger partial charge on any atom is -0.457 e. The van der Waals surface area contributed by atoms with Gasteiger partial charge in [0.25, 0.3) is 0 Å². The molecule has 0 saturated carbocycles. The zero-order valence-corrected chi connectivity index (χ0v) is 8.60. The predicted octanol–water partition coefficient (Wildman–Crippen LogP) is 2.27. The first-order valence-corrected chi connectivity index (χ1v) is 4.89. The summed E-state index contributed by atoms with van der Waals surface area (Å²) in [5, 5.41) is 1.05. The van der Waals surface area contributed by atoms with E-state index in [0.717, 1.165) is 16.7 Å². The largest absolute Gasteiger partial charge is 0.457 e. The summed E-state index contributed by atoms with van der Waals surface area (Å²) < 4.78 is 5.61. The maximum absolute atomic E-state index is 5.61. The number of hydrogen-bond donors (Lipinski definition) is 0. The summed E-state index contributed by atoms with van der Waals surface area (Å²) in [6.07, 6.45) is 0. The van der Waals surface area contributed by atoms with Gasteiger partial charge in [0, 0.05) is 0 Å². The molecule has 0 fully saturated rings. The third-order valence-electron chi connectivity index (χ3n) is 1.83. The fourth-order valence-electron chi connectivity index (χ4n) is 1.15. The first kappa shape index (κ1) is 9.03. The average Bonchev–Trinajstić information content (AvgIpc) is 2.23. The molecule has 0 aromatic heterocycles. The molecule has 3 radical (unpaired) electrons. The van der Waals surface area contributed by atoms with Crippen LogP contribution in [-0.4, -0.2) is 10.2 Å². The lowest BCUT2D eigenvalue weighted by molar-refractivity contribution is 0.483. The second kappa shape index (κ2) is 4.11. The number of hydrogen-bond acceptors (Lipinski definition) is 1. The molecule has 0 N–H and O–H groups in total. The monoisotopic (exact) mass is 197 g/mol. The van der Waals surface area contributed by atoms with Crippen LogP contribution in [0, 0.1) is 0 Å². The minimum absolute atomic E-state index is 0.846. The van der Waals surface area contributed by atoms with Crippen molar-refractivity contribution < 1.29 is 4.74 Å². The predicted molar refractivity (Wildman–Crippen MR) is 58.3 cm³/mol. The van der Waals surface area contributed by atoms with Crippen LogP contribution in [0.5, 0.6) is 11.5 Å². The van der Waals surface area contributed by atoms with E-state index in [1.165, 1.54) is 0 Å². The molecule has 67 valence electrons. The van der Waals surface area contributed by atoms with Gasteiger partial charge in [-0.15, -0.1) is 0 Å². The molecule has 0 heterocycles. The lowest BCUT2D eigenvalue weighted by Crippen LogP contribution is -1.99. The molecule has 1 nitrogen and oxygen atoms in total. The Kier molecular flexibility index (Phi) is 2.65. The highest BCUT2D eigenvalue weighted by atomic mass is 28.1. The normalized spacial score (nSPS) is 9.79. The van der Waals surface area contributed by atoms with E-state index >= 15 is 0 Å². The summed E-state index contributed by atoms with van der Waals surface area (Å²) in [5.74, 6) is 1.70. The summed E-state index contributed by atoms with van der Waals surface area (Å²) in [7, 11) is 3.42. The van der Waals surface area contributed by atoms with Gasteiger partial charge in [0.2, 0.25) is 0 Å². The second-order valence-electron chi connectivity index (χ2n) is 2.94. The Bertz CT molecular complexity index is 394. The highest BCUT2D eigenvalue weighted by Crippen LogP contribution is 2.18. The molecule has 0 aliphatic heterocycles. The summed E-state index contributed by atoms with van der Waals surface area (Å²) in [4.78, 5) is 0. The molecule has 0 atom stereocenters. The van der Waals surface area contributed by atoms with Crippen LogP contribution in [0.2, 0.25) is 0 Å². The topological polar surface area (TPSA) is 9.23 Å². The molecule has 0 saturated heterocycles. The van der Waals surface area contributed by atoms with E-state index in [2.05, 4.69) is 10.2 Å². The maximum atomic E-state index is 5.61. The standard InChI is InChI=1S/C12H9OSi/c14-12-8-6-11(7-9-12)13-10-4-2-1-3-5-10/h1-9H. The molecule has 0 spiro atoms. The van der Waals surface area contributed by atoms with Gasteiger partial charge in [-0.2, -0.15) is 0 Å². The first-order chi connectivity index (χ1) is 6.84. The third kappa shape index (κ3) is 2.23. The van der Waals surface area contributed by atoms with Gasteiger partial charge in [0.05, 0.1) is 10.2 Å². The van der Waals surface area contributed by atoms with Gasteiger partial charge in [0.15, 0.2) is 0 Å². The Morgan fingerprint density at radius 1 is 0.714 bits per heavy atom. The summed E-state index contributed by atoms with van der Waals surface area (Å²) in [6.45, 7) is 0. The Labute approximate surface area is 86.8 Å². The number of rotatable bonds is 2. The molecule has 2 aromatic rings. The zero-order chi connectivity index (χ0) is 9.80. The van der Waals surface area contributed by atoms with Crippen LogP contribution >= 0.6 is 0 Å². The van der Waals surface area contributed by atoms with Crippen LogP contribution in [0.3, 0.4) is 0 Å². The highest BCUT2D eigenvalue weighted by Gasteiger charge is 1.94. The van der Waals surface area contributed by atoms with Crippen molar-refractivity contribution in [2.45, 2.75) is 0 Å². The van der Waals surface area contributed by atoms with Gasteiger partial charge in [-0.05, 0) is 24.3 Å². The van der Waals surface area contributed by atoms with E-state index in [4.69, 9.17) is 4.74 Å². The first-order valence-electron chi connectivity index (χ1n) is 4.39. The molecule has 2 aromatic carbocycles. The molecule has 2 heteroatoms. The van der Waals surface area contributed by atoms with Crippen LogP contribution in [0.25, 0.3) is 0 Å².